The summed E-state index contributed by atoms with van der Waals surface area (Å²) in [5, 5.41) is 2.62. The summed E-state index contributed by atoms with van der Waals surface area (Å²) in [6, 6.07) is 6.99. The van der Waals surface area contributed by atoms with Gasteiger partial charge in [-0.1, -0.05) is 30.3 Å². The zero-order valence-corrected chi connectivity index (χ0v) is 11.0. The Kier molecular flexibility index (Phi) is 4.47. The van der Waals surface area contributed by atoms with Crippen molar-refractivity contribution in [2.45, 2.75) is 31.1 Å². The van der Waals surface area contributed by atoms with Gasteiger partial charge in [-0.15, -0.1) is 0 Å². The number of alkyl halides is 3. The van der Waals surface area contributed by atoms with Crippen LogP contribution in [0.3, 0.4) is 0 Å². The van der Waals surface area contributed by atoms with E-state index in [1.54, 1.807) is 18.2 Å². The molecular formula is C14H19F3N2. The average Bonchev–Trinajstić information content (AvgIpc) is 3.18. The first kappa shape index (κ1) is 14.3. The molecule has 0 bridgehead atoms. The zero-order chi connectivity index (χ0) is 13.9. The molecule has 1 N–H and O–H groups in total. The lowest BCUT2D eigenvalue weighted by Gasteiger charge is -2.24. The van der Waals surface area contributed by atoms with Gasteiger partial charge in [-0.25, -0.2) is 0 Å². The van der Waals surface area contributed by atoms with E-state index in [2.05, 4.69) is 10.2 Å². The fraction of sp³-hybridized carbons (Fsp3) is 0.571. The van der Waals surface area contributed by atoms with E-state index >= 15 is 0 Å². The van der Waals surface area contributed by atoms with Crippen molar-refractivity contribution < 1.29 is 13.2 Å². The van der Waals surface area contributed by atoms with E-state index in [0.717, 1.165) is 12.8 Å². The highest BCUT2D eigenvalue weighted by atomic mass is 19.4. The normalized spacial score (nSPS) is 17.7. The van der Waals surface area contributed by atoms with Crippen LogP contribution in [-0.2, 0) is 0 Å². The molecule has 1 saturated carbocycles. The van der Waals surface area contributed by atoms with Crippen LogP contribution < -0.4 is 5.32 Å². The second kappa shape index (κ2) is 5.92. The molecule has 0 aromatic heterocycles. The lowest BCUT2D eigenvalue weighted by atomic mass is 10.1. The van der Waals surface area contributed by atoms with Crippen molar-refractivity contribution >= 4 is 0 Å². The monoisotopic (exact) mass is 272 g/mol. The molecule has 106 valence electrons. The lowest BCUT2D eigenvalue weighted by Crippen LogP contribution is -2.38. The largest absolute Gasteiger partial charge is 0.407 e. The Balaban J connectivity index is 1.91. The van der Waals surface area contributed by atoms with Gasteiger partial charge in [0.2, 0.25) is 0 Å². The Bertz CT molecular complexity index is 387. The molecule has 0 radical (unpaired) electrons. The van der Waals surface area contributed by atoms with Crippen LogP contribution in [-0.4, -0.2) is 37.3 Å². The van der Waals surface area contributed by atoms with Crippen LogP contribution in [0.4, 0.5) is 13.2 Å². The predicted octanol–water partition coefficient (Wildman–Crippen LogP) is 2.97. The van der Waals surface area contributed by atoms with Gasteiger partial charge in [-0.05, 0) is 25.5 Å². The van der Waals surface area contributed by atoms with Gasteiger partial charge in [-0.2, -0.15) is 13.2 Å². The topological polar surface area (TPSA) is 15.3 Å². The molecular weight excluding hydrogens is 253 g/mol. The van der Waals surface area contributed by atoms with E-state index in [1.807, 2.05) is 7.05 Å². The van der Waals surface area contributed by atoms with Crippen molar-refractivity contribution in [2.24, 2.45) is 0 Å². The van der Waals surface area contributed by atoms with Crippen LogP contribution in [0.2, 0.25) is 0 Å². The molecule has 1 aromatic carbocycles. The number of nitrogens with zero attached hydrogens (tertiary/aromatic N) is 1. The van der Waals surface area contributed by atoms with Gasteiger partial charge in [0.25, 0.3) is 0 Å². The van der Waals surface area contributed by atoms with Gasteiger partial charge in [0.15, 0.2) is 0 Å². The highest BCUT2D eigenvalue weighted by Gasteiger charge is 2.40. The SMILES string of the molecule is CN(CCNC(c1ccccc1)C(F)(F)F)C1CC1. The molecule has 1 aliphatic carbocycles. The summed E-state index contributed by atoms with van der Waals surface area (Å²) in [7, 11) is 1.96. The minimum atomic E-state index is -4.26. The number of benzene rings is 1. The second-order valence-electron chi connectivity index (χ2n) is 5.05. The van der Waals surface area contributed by atoms with Crippen LogP contribution in [0.15, 0.2) is 30.3 Å². The van der Waals surface area contributed by atoms with E-state index in [0.29, 0.717) is 19.1 Å². The maximum Gasteiger partial charge on any atom is 0.407 e. The van der Waals surface area contributed by atoms with Gasteiger partial charge in [0, 0.05) is 19.1 Å². The second-order valence-corrected chi connectivity index (χ2v) is 5.05. The first-order valence-corrected chi connectivity index (χ1v) is 6.54. The fourth-order valence-corrected chi connectivity index (χ4v) is 2.15. The Labute approximate surface area is 111 Å². The van der Waals surface area contributed by atoms with E-state index < -0.39 is 12.2 Å². The van der Waals surface area contributed by atoms with Crippen molar-refractivity contribution in [1.29, 1.82) is 0 Å². The van der Waals surface area contributed by atoms with Crippen molar-refractivity contribution in [3.05, 3.63) is 35.9 Å². The van der Waals surface area contributed by atoms with Gasteiger partial charge in [0.1, 0.15) is 6.04 Å². The number of hydrogen-bond donors (Lipinski definition) is 1. The summed E-state index contributed by atoms with van der Waals surface area (Å²) in [5.74, 6) is 0. The number of halogens is 3. The van der Waals surface area contributed by atoms with Crippen molar-refractivity contribution in [1.82, 2.24) is 10.2 Å². The van der Waals surface area contributed by atoms with Gasteiger partial charge < -0.3 is 10.2 Å². The third-order valence-electron chi connectivity index (χ3n) is 3.44. The Morgan fingerprint density at radius 3 is 2.42 bits per heavy atom. The Morgan fingerprint density at radius 2 is 1.89 bits per heavy atom. The van der Waals surface area contributed by atoms with Gasteiger partial charge in [0.05, 0.1) is 0 Å². The maximum absolute atomic E-state index is 13.0. The molecule has 0 aliphatic heterocycles. The number of nitrogens with one attached hydrogen (secondary N) is 1. The fourth-order valence-electron chi connectivity index (χ4n) is 2.15. The summed E-state index contributed by atoms with van der Waals surface area (Å²) in [4.78, 5) is 2.12. The standard InChI is InChI=1S/C14H19F3N2/c1-19(12-7-8-12)10-9-18-13(14(15,16)17)11-5-3-2-4-6-11/h2-6,12-13,18H,7-10H2,1H3. The third-order valence-corrected chi connectivity index (χ3v) is 3.44. The molecule has 1 fully saturated rings. The average molecular weight is 272 g/mol. The molecule has 0 spiro atoms. The van der Waals surface area contributed by atoms with Crippen molar-refractivity contribution in [3.63, 3.8) is 0 Å². The molecule has 1 aromatic rings. The Hall–Kier alpha value is -1.07. The first-order valence-electron chi connectivity index (χ1n) is 6.54. The number of hydrogen-bond acceptors (Lipinski definition) is 2. The minimum absolute atomic E-state index is 0.268. The van der Waals surface area contributed by atoms with E-state index in [1.165, 1.54) is 12.1 Å². The summed E-state index contributed by atoms with van der Waals surface area (Å²) >= 11 is 0. The van der Waals surface area contributed by atoms with Crippen LogP contribution >= 0.6 is 0 Å². The smallest absolute Gasteiger partial charge is 0.302 e. The molecule has 2 nitrogen and oxygen atoms in total. The van der Waals surface area contributed by atoms with Crippen LogP contribution in [0.5, 0.6) is 0 Å². The maximum atomic E-state index is 13.0. The molecule has 0 amide bonds. The highest BCUT2D eigenvalue weighted by Crippen LogP contribution is 2.32. The number of rotatable bonds is 6. The molecule has 0 saturated heterocycles. The summed E-state index contributed by atoms with van der Waals surface area (Å²) in [5.41, 5.74) is 0.268. The number of likely N-dealkylation sites (N-methyl/N-ethyl adjacent to an activating group) is 1. The first-order chi connectivity index (χ1) is 8.98. The highest BCUT2D eigenvalue weighted by molar-refractivity contribution is 5.20. The van der Waals surface area contributed by atoms with Gasteiger partial charge in [-0.3, -0.25) is 0 Å². The summed E-state index contributed by atoms with van der Waals surface area (Å²) in [6.45, 7) is 0.982. The predicted molar refractivity (Wildman–Crippen MR) is 68.9 cm³/mol. The van der Waals surface area contributed by atoms with Gasteiger partial charge >= 0.3 is 6.18 Å². The van der Waals surface area contributed by atoms with E-state index in [-0.39, 0.29) is 5.56 Å². The molecule has 1 unspecified atom stereocenters. The zero-order valence-electron chi connectivity index (χ0n) is 11.0. The molecule has 1 atom stereocenters. The molecule has 1 aliphatic rings. The molecule has 5 heteroatoms. The van der Waals surface area contributed by atoms with E-state index in [9.17, 15) is 13.2 Å². The molecule has 0 heterocycles. The minimum Gasteiger partial charge on any atom is -0.302 e. The van der Waals surface area contributed by atoms with Crippen LogP contribution in [0.1, 0.15) is 24.4 Å². The molecule has 2 rings (SSSR count). The van der Waals surface area contributed by atoms with E-state index in [4.69, 9.17) is 0 Å². The summed E-state index contributed by atoms with van der Waals surface area (Å²) < 4.78 is 39.1. The lowest BCUT2D eigenvalue weighted by molar-refractivity contribution is -0.157. The van der Waals surface area contributed by atoms with Crippen LogP contribution in [0, 0.1) is 0 Å². The molecule has 19 heavy (non-hydrogen) atoms. The Morgan fingerprint density at radius 1 is 1.26 bits per heavy atom. The quantitative estimate of drug-likeness (QED) is 0.856. The summed E-state index contributed by atoms with van der Waals surface area (Å²) in [6.07, 6.45) is -1.94. The van der Waals surface area contributed by atoms with Crippen molar-refractivity contribution in [2.75, 3.05) is 20.1 Å². The third kappa shape index (κ3) is 4.21. The van der Waals surface area contributed by atoms with Crippen LogP contribution in [0.25, 0.3) is 0 Å². The van der Waals surface area contributed by atoms with Crippen molar-refractivity contribution in [3.8, 4) is 0 Å².